The van der Waals surface area contributed by atoms with E-state index in [9.17, 15) is 0 Å². The van der Waals surface area contributed by atoms with Gasteiger partial charge in [0.05, 0.1) is 6.61 Å². The molecule has 2 atom stereocenters. The van der Waals surface area contributed by atoms with E-state index in [4.69, 9.17) is 9.47 Å². The first-order valence-corrected chi connectivity index (χ1v) is 6.15. The maximum Gasteiger partial charge on any atom is 0.154 e. The molecule has 80 valence electrons. The van der Waals surface area contributed by atoms with Crippen molar-refractivity contribution in [2.75, 3.05) is 18.5 Å². The third-order valence-corrected chi connectivity index (χ3v) is 2.52. The van der Waals surface area contributed by atoms with Crippen molar-refractivity contribution in [2.45, 2.75) is 39.9 Å². The van der Waals surface area contributed by atoms with E-state index in [0.29, 0.717) is 5.92 Å². The summed E-state index contributed by atoms with van der Waals surface area (Å²) in [5, 5.41) is 1.05. The quantitative estimate of drug-likeness (QED) is 0.488. The van der Waals surface area contributed by atoms with Crippen LogP contribution in [-0.2, 0) is 9.47 Å². The van der Waals surface area contributed by atoms with Gasteiger partial charge >= 0.3 is 0 Å². The van der Waals surface area contributed by atoms with Crippen molar-refractivity contribution in [2.24, 2.45) is 5.92 Å². The first kappa shape index (κ1) is 13.4. The smallest absolute Gasteiger partial charge is 0.154 e. The van der Waals surface area contributed by atoms with Crippen LogP contribution in [0.1, 0.15) is 33.6 Å². The molecule has 0 saturated carbocycles. The third-order valence-electron chi connectivity index (χ3n) is 2.06. The first-order valence-electron chi connectivity index (χ1n) is 5.03. The zero-order valence-electron chi connectivity index (χ0n) is 8.88. The molecule has 0 bridgehead atoms. The van der Waals surface area contributed by atoms with Crippen molar-refractivity contribution >= 4 is 15.9 Å². The van der Waals surface area contributed by atoms with Gasteiger partial charge in [0.1, 0.15) is 0 Å². The van der Waals surface area contributed by atoms with Crippen LogP contribution in [0.5, 0.6) is 0 Å². The molecule has 0 aromatic carbocycles. The monoisotopic (exact) mass is 252 g/mol. The van der Waals surface area contributed by atoms with Crippen LogP contribution in [0.2, 0.25) is 0 Å². The standard InChI is InChI=1S/C10H21BrO2/c1-4-10(6-7-11)8-13-9(3)12-5-2/h9-10H,4-8H2,1-3H3. The van der Waals surface area contributed by atoms with Crippen LogP contribution in [0.15, 0.2) is 0 Å². The Bertz CT molecular complexity index is 109. The number of hydrogen-bond acceptors (Lipinski definition) is 2. The average Bonchev–Trinajstić information content (AvgIpc) is 2.12. The molecular formula is C10H21BrO2. The van der Waals surface area contributed by atoms with E-state index in [1.165, 1.54) is 12.8 Å². The highest BCUT2D eigenvalue weighted by atomic mass is 79.9. The second kappa shape index (κ2) is 8.97. The Balaban J connectivity index is 3.46. The molecule has 0 radical (unpaired) electrons. The lowest BCUT2D eigenvalue weighted by Crippen LogP contribution is -2.18. The maximum atomic E-state index is 5.54. The molecule has 0 spiro atoms. The minimum absolute atomic E-state index is 0.0608. The largest absolute Gasteiger partial charge is 0.353 e. The van der Waals surface area contributed by atoms with E-state index in [2.05, 4.69) is 22.9 Å². The summed E-state index contributed by atoms with van der Waals surface area (Å²) >= 11 is 3.44. The van der Waals surface area contributed by atoms with Gasteiger partial charge in [0.25, 0.3) is 0 Å². The lowest BCUT2D eigenvalue weighted by molar-refractivity contribution is -0.135. The highest BCUT2D eigenvalue weighted by molar-refractivity contribution is 9.09. The summed E-state index contributed by atoms with van der Waals surface area (Å²) in [5.74, 6) is 0.655. The Morgan fingerprint density at radius 1 is 1.23 bits per heavy atom. The Morgan fingerprint density at radius 2 is 1.92 bits per heavy atom. The van der Waals surface area contributed by atoms with E-state index in [0.717, 1.165) is 18.5 Å². The van der Waals surface area contributed by atoms with Gasteiger partial charge in [-0.25, -0.2) is 0 Å². The Morgan fingerprint density at radius 3 is 2.38 bits per heavy atom. The van der Waals surface area contributed by atoms with Crippen molar-refractivity contribution in [1.29, 1.82) is 0 Å². The van der Waals surface area contributed by atoms with Crippen molar-refractivity contribution in [3.63, 3.8) is 0 Å². The molecule has 0 aliphatic rings. The molecule has 0 aliphatic heterocycles. The predicted molar refractivity (Wildman–Crippen MR) is 59.2 cm³/mol. The number of alkyl halides is 1. The fourth-order valence-corrected chi connectivity index (χ4v) is 1.76. The fourth-order valence-electron chi connectivity index (χ4n) is 1.11. The van der Waals surface area contributed by atoms with E-state index in [1.807, 2.05) is 13.8 Å². The summed E-state index contributed by atoms with van der Waals surface area (Å²) in [7, 11) is 0. The summed E-state index contributed by atoms with van der Waals surface area (Å²) in [5.41, 5.74) is 0. The van der Waals surface area contributed by atoms with Gasteiger partial charge < -0.3 is 9.47 Å². The molecule has 13 heavy (non-hydrogen) atoms. The summed E-state index contributed by atoms with van der Waals surface area (Å²) in [6.07, 6.45) is 2.29. The first-order chi connectivity index (χ1) is 6.24. The number of hydrogen-bond donors (Lipinski definition) is 0. The van der Waals surface area contributed by atoms with Gasteiger partial charge in [-0.15, -0.1) is 0 Å². The Kier molecular flexibility index (Phi) is 9.25. The molecule has 2 unspecified atom stereocenters. The minimum Gasteiger partial charge on any atom is -0.353 e. The van der Waals surface area contributed by atoms with E-state index < -0.39 is 0 Å². The molecule has 3 heteroatoms. The van der Waals surface area contributed by atoms with Crippen LogP contribution in [0, 0.1) is 5.92 Å². The zero-order chi connectivity index (χ0) is 10.1. The highest BCUT2D eigenvalue weighted by Gasteiger charge is 2.08. The van der Waals surface area contributed by atoms with Gasteiger partial charge in [-0.3, -0.25) is 0 Å². The van der Waals surface area contributed by atoms with Crippen LogP contribution in [0.25, 0.3) is 0 Å². The summed E-state index contributed by atoms with van der Waals surface area (Å²) in [4.78, 5) is 0. The molecule has 0 aromatic heterocycles. The fraction of sp³-hybridized carbons (Fsp3) is 1.00. The zero-order valence-corrected chi connectivity index (χ0v) is 10.5. The second-order valence-corrected chi connectivity index (χ2v) is 3.90. The van der Waals surface area contributed by atoms with Crippen LogP contribution in [-0.4, -0.2) is 24.8 Å². The van der Waals surface area contributed by atoms with Crippen LogP contribution in [0.4, 0.5) is 0 Å². The van der Waals surface area contributed by atoms with Crippen molar-refractivity contribution in [3.8, 4) is 0 Å². The summed E-state index contributed by atoms with van der Waals surface area (Å²) in [6, 6.07) is 0. The molecule has 0 amide bonds. The minimum atomic E-state index is -0.0608. The topological polar surface area (TPSA) is 18.5 Å². The Hall–Kier alpha value is 0.400. The summed E-state index contributed by atoms with van der Waals surface area (Å²) in [6.45, 7) is 7.65. The molecular weight excluding hydrogens is 232 g/mol. The molecule has 0 fully saturated rings. The predicted octanol–water partition coefficient (Wildman–Crippen LogP) is 3.20. The van der Waals surface area contributed by atoms with E-state index in [-0.39, 0.29) is 6.29 Å². The lowest BCUT2D eigenvalue weighted by atomic mass is 10.1. The van der Waals surface area contributed by atoms with Gasteiger partial charge in [-0.2, -0.15) is 0 Å². The molecule has 0 heterocycles. The van der Waals surface area contributed by atoms with Gasteiger partial charge in [-0.05, 0) is 26.2 Å². The molecule has 0 N–H and O–H groups in total. The second-order valence-electron chi connectivity index (χ2n) is 3.11. The van der Waals surface area contributed by atoms with Crippen molar-refractivity contribution in [1.82, 2.24) is 0 Å². The molecule has 0 saturated heterocycles. The molecule has 2 nitrogen and oxygen atoms in total. The SMILES string of the molecule is CCOC(C)OCC(CC)CCBr. The van der Waals surface area contributed by atoms with Gasteiger partial charge in [0.15, 0.2) is 6.29 Å². The number of ether oxygens (including phenoxy) is 2. The molecule has 0 aliphatic carbocycles. The normalized spacial score (nSPS) is 15.7. The van der Waals surface area contributed by atoms with Crippen LogP contribution < -0.4 is 0 Å². The van der Waals surface area contributed by atoms with Crippen molar-refractivity contribution < 1.29 is 9.47 Å². The van der Waals surface area contributed by atoms with Crippen molar-refractivity contribution in [3.05, 3.63) is 0 Å². The summed E-state index contributed by atoms with van der Waals surface area (Å²) < 4.78 is 10.8. The van der Waals surface area contributed by atoms with E-state index in [1.54, 1.807) is 0 Å². The Labute approximate surface area is 90.1 Å². The van der Waals surface area contributed by atoms with Crippen LogP contribution in [0.3, 0.4) is 0 Å². The number of halogens is 1. The van der Waals surface area contributed by atoms with Gasteiger partial charge in [0, 0.05) is 11.9 Å². The third kappa shape index (κ3) is 7.47. The average molecular weight is 253 g/mol. The molecule has 0 rings (SSSR count). The highest BCUT2D eigenvalue weighted by Crippen LogP contribution is 2.11. The van der Waals surface area contributed by atoms with Gasteiger partial charge in [0.2, 0.25) is 0 Å². The maximum absolute atomic E-state index is 5.54. The lowest BCUT2D eigenvalue weighted by Gasteiger charge is -2.17. The number of rotatable bonds is 8. The van der Waals surface area contributed by atoms with E-state index >= 15 is 0 Å². The van der Waals surface area contributed by atoms with Crippen LogP contribution >= 0.6 is 15.9 Å². The molecule has 0 aromatic rings. The van der Waals surface area contributed by atoms with Gasteiger partial charge in [-0.1, -0.05) is 29.3 Å².